The van der Waals surface area contributed by atoms with Gasteiger partial charge in [0.25, 0.3) is 5.56 Å². The summed E-state index contributed by atoms with van der Waals surface area (Å²) in [5.74, 6) is 0.125. The van der Waals surface area contributed by atoms with Crippen LogP contribution in [-0.2, 0) is 4.79 Å². The van der Waals surface area contributed by atoms with Gasteiger partial charge >= 0.3 is 6.61 Å². The molecule has 174 valence electrons. The first-order valence-corrected chi connectivity index (χ1v) is 11.9. The first-order valence-electron chi connectivity index (χ1n) is 10.9. The number of amides is 1. The molecule has 0 bridgehead atoms. The number of halogens is 2. The van der Waals surface area contributed by atoms with Crippen molar-refractivity contribution in [3.05, 3.63) is 58.9 Å². The molecule has 1 aliphatic carbocycles. The summed E-state index contributed by atoms with van der Waals surface area (Å²) in [6, 6.07) is 13.0. The monoisotopic (exact) mass is 473 g/mol. The van der Waals surface area contributed by atoms with E-state index >= 15 is 0 Å². The maximum Gasteiger partial charge on any atom is 0.387 e. The van der Waals surface area contributed by atoms with Crippen LogP contribution >= 0.6 is 11.8 Å². The number of carbonyl (C=O) groups excluding carboxylic acids is 1. The molecule has 0 unspecified atom stereocenters. The number of aromatic nitrogens is 2. The van der Waals surface area contributed by atoms with Gasteiger partial charge < -0.3 is 9.64 Å². The van der Waals surface area contributed by atoms with Crippen LogP contribution in [0.25, 0.3) is 16.6 Å². The van der Waals surface area contributed by atoms with Crippen LogP contribution < -0.4 is 10.3 Å². The van der Waals surface area contributed by atoms with Gasteiger partial charge in [0.2, 0.25) is 5.91 Å². The van der Waals surface area contributed by atoms with Crippen molar-refractivity contribution in [2.45, 2.75) is 49.9 Å². The molecular weight excluding hydrogens is 448 g/mol. The number of para-hydroxylation sites is 1. The number of hydrogen-bond acceptors (Lipinski definition) is 5. The molecule has 0 aliphatic heterocycles. The number of benzene rings is 2. The topological polar surface area (TPSA) is 64.4 Å². The van der Waals surface area contributed by atoms with E-state index in [0.717, 1.165) is 25.7 Å². The molecule has 1 saturated carbocycles. The molecule has 0 radical (unpaired) electrons. The highest BCUT2D eigenvalue weighted by molar-refractivity contribution is 7.99. The molecular formula is C24H25F2N3O3S. The lowest BCUT2D eigenvalue weighted by molar-refractivity contribution is -0.129. The Labute approximate surface area is 194 Å². The molecule has 0 atom stereocenters. The molecule has 2 aromatic carbocycles. The predicted molar refractivity (Wildman–Crippen MR) is 124 cm³/mol. The molecule has 33 heavy (non-hydrogen) atoms. The Bertz CT molecular complexity index is 1180. The number of thioether (sulfide) groups is 1. The molecule has 1 amide bonds. The number of alkyl halides is 2. The summed E-state index contributed by atoms with van der Waals surface area (Å²) in [5.41, 5.74) is 0.696. The highest BCUT2D eigenvalue weighted by Gasteiger charge is 2.23. The third-order valence-electron chi connectivity index (χ3n) is 5.91. The molecule has 0 N–H and O–H groups in total. The van der Waals surface area contributed by atoms with Gasteiger partial charge in [-0.15, -0.1) is 0 Å². The molecule has 9 heteroatoms. The van der Waals surface area contributed by atoms with Gasteiger partial charge in [0.15, 0.2) is 5.16 Å². The summed E-state index contributed by atoms with van der Waals surface area (Å²) < 4.78 is 30.8. The minimum atomic E-state index is -2.93. The molecule has 3 aromatic rings. The minimum absolute atomic E-state index is 0.00552. The molecule has 1 aliphatic rings. The molecule has 0 spiro atoms. The van der Waals surface area contributed by atoms with E-state index in [4.69, 9.17) is 0 Å². The van der Waals surface area contributed by atoms with Crippen LogP contribution in [0.2, 0.25) is 0 Å². The Morgan fingerprint density at radius 3 is 2.55 bits per heavy atom. The summed E-state index contributed by atoms with van der Waals surface area (Å²) >= 11 is 1.20. The zero-order valence-electron chi connectivity index (χ0n) is 18.2. The zero-order chi connectivity index (χ0) is 23.4. The van der Waals surface area contributed by atoms with Crippen LogP contribution in [-0.4, -0.2) is 45.8 Å². The second-order valence-corrected chi connectivity index (χ2v) is 8.95. The van der Waals surface area contributed by atoms with Crippen LogP contribution in [0.1, 0.15) is 32.1 Å². The first kappa shape index (κ1) is 23.2. The maximum absolute atomic E-state index is 13.3. The lowest BCUT2D eigenvalue weighted by Gasteiger charge is -2.31. The average molecular weight is 474 g/mol. The number of carbonyl (C=O) groups is 1. The largest absolute Gasteiger partial charge is 0.435 e. The zero-order valence-corrected chi connectivity index (χ0v) is 19.1. The lowest BCUT2D eigenvalue weighted by Crippen LogP contribution is -2.39. The van der Waals surface area contributed by atoms with E-state index in [0.29, 0.717) is 21.7 Å². The Morgan fingerprint density at radius 2 is 1.85 bits per heavy atom. The normalized spacial score (nSPS) is 14.5. The van der Waals surface area contributed by atoms with Crippen molar-refractivity contribution < 1.29 is 18.3 Å². The van der Waals surface area contributed by atoms with Gasteiger partial charge in [-0.1, -0.05) is 43.2 Å². The van der Waals surface area contributed by atoms with Crippen molar-refractivity contribution in [1.29, 1.82) is 0 Å². The Morgan fingerprint density at radius 1 is 1.15 bits per heavy atom. The van der Waals surface area contributed by atoms with Gasteiger partial charge in [-0.3, -0.25) is 14.2 Å². The highest BCUT2D eigenvalue weighted by Crippen LogP contribution is 2.26. The van der Waals surface area contributed by atoms with Gasteiger partial charge in [0.05, 0.1) is 22.3 Å². The van der Waals surface area contributed by atoms with Crippen molar-refractivity contribution in [3.8, 4) is 11.4 Å². The van der Waals surface area contributed by atoms with E-state index in [2.05, 4.69) is 9.72 Å². The van der Waals surface area contributed by atoms with E-state index in [-0.39, 0.29) is 29.0 Å². The van der Waals surface area contributed by atoms with Crippen molar-refractivity contribution >= 4 is 28.6 Å². The van der Waals surface area contributed by atoms with E-state index < -0.39 is 6.61 Å². The summed E-state index contributed by atoms with van der Waals surface area (Å²) in [5, 5.41) is 0.798. The summed E-state index contributed by atoms with van der Waals surface area (Å²) in [6.07, 6.45) is 5.50. The SMILES string of the molecule is CN(C(=O)CSc1nc2ccccc2c(=O)n1-c1ccc(OC(F)F)cc1)C1CCCCC1. The Kier molecular flexibility index (Phi) is 7.27. The van der Waals surface area contributed by atoms with Gasteiger partial charge in [0, 0.05) is 13.1 Å². The summed E-state index contributed by atoms with van der Waals surface area (Å²) in [4.78, 5) is 32.6. The van der Waals surface area contributed by atoms with Gasteiger partial charge in [-0.25, -0.2) is 4.98 Å². The average Bonchev–Trinajstić information content (AvgIpc) is 2.83. The molecule has 1 fully saturated rings. The van der Waals surface area contributed by atoms with Crippen LogP contribution in [0, 0.1) is 0 Å². The van der Waals surface area contributed by atoms with E-state index in [1.165, 1.54) is 47.0 Å². The second-order valence-electron chi connectivity index (χ2n) is 8.01. The predicted octanol–water partition coefficient (Wildman–Crippen LogP) is 4.87. The number of fused-ring (bicyclic) bond motifs is 1. The quantitative estimate of drug-likeness (QED) is 0.362. The highest BCUT2D eigenvalue weighted by atomic mass is 32.2. The van der Waals surface area contributed by atoms with Gasteiger partial charge in [-0.2, -0.15) is 8.78 Å². The molecule has 4 rings (SSSR count). The maximum atomic E-state index is 13.3. The lowest BCUT2D eigenvalue weighted by atomic mass is 9.94. The smallest absolute Gasteiger partial charge is 0.387 e. The van der Waals surface area contributed by atoms with Crippen molar-refractivity contribution in [3.63, 3.8) is 0 Å². The molecule has 6 nitrogen and oxygen atoms in total. The molecule has 1 heterocycles. The third-order valence-corrected chi connectivity index (χ3v) is 6.83. The van der Waals surface area contributed by atoms with Gasteiger partial charge in [0.1, 0.15) is 5.75 Å². The van der Waals surface area contributed by atoms with Crippen LogP contribution in [0.15, 0.2) is 58.5 Å². The fourth-order valence-electron chi connectivity index (χ4n) is 4.11. The minimum Gasteiger partial charge on any atom is -0.435 e. The fourth-order valence-corrected chi connectivity index (χ4v) is 5.05. The number of ether oxygens (including phenoxy) is 1. The second kappa shape index (κ2) is 10.3. The Balaban J connectivity index is 1.64. The van der Waals surface area contributed by atoms with Crippen molar-refractivity contribution in [2.24, 2.45) is 0 Å². The summed E-state index contributed by atoms with van der Waals surface area (Å²) in [6.45, 7) is -2.93. The van der Waals surface area contributed by atoms with Crippen molar-refractivity contribution in [2.75, 3.05) is 12.8 Å². The standard InChI is InChI=1S/C24H25F2N3O3S/c1-28(16-7-3-2-4-8-16)21(30)15-33-24-27-20-10-6-5-9-19(20)22(31)29(24)17-11-13-18(14-12-17)32-23(25)26/h5-6,9-14,16,23H,2-4,7-8,15H2,1H3. The molecule has 0 saturated heterocycles. The van der Waals surface area contributed by atoms with E-state index in [1.54, 1.807) is 24.3 Å². The van der Waals surface area contributed by atoms with Crippen molar-refractivity contribution in [1.82, 2.24) is 14.5 Å². The number of hydrogen-bond donors (Lipinski definition) is 0. The Hall–Kier alpha value is -2.94. The number of rotatable bonds is 7. The van der Waals surface area contributed by atoms with Crippen LogP contribution in [0.5, 0.6) is 5.75 Å². The fraction of sp³-hybridized carbons (Fsp3) is 0.375. The van der Waals surface area contributed by atoms with Crippen LogP contribution in [0.3, 0.4) is 0 Å². The number of nitrogens with zero attached hydrogens (tertiary/aromatic N) is 3. The first-order chi connectivity index (χ1) is 15.9. The summed E-state index contributed by atoms with van der Waals surface area (Å²) in [7, 11) is 1.83. The van der Waals surface area contributed by atoms with E-state index in [1.807, 2.05) is 11.9 Å². The van der Waals surface area contributed by atoms with Crippen LogP contribution in [0.4, 0.5) is 8.78 Å². The van der Waals surface area contributed by atoms with Gasteiger partial charge in [-0.05, 0) is 49.2 Å². The third kappa shape index (κ3) is 5.35. The molecule has 1 aromatic heterocycles. The van der Waals surface area contributed by atoms with E-state index in [9.17, 15) is 18.4 Å².